The minimum absolute atomic E-state index is 0.00202. The van der Waals surface area contributed by atoms with Gasteiger partial charge in [-0.25, -0.2) is 4.98 Å². The van der Waals surface area contributed by atoms with Crippen molar-refractivity contribution in [2.24, 2.45) is 40.5 Å². The number of nitrogens with zero attached hydrogens (tertiary/aromatic N) is 1. The first-order valence-corrected chi connectivity index (χ1v) is 39.4. The molecule has 2 aromatic heterocycles. The highest BCUT2D eigenvalue weighted by molar-refractivity contribution is 7.98. The summed E-state index contributed by atoms with van der Waals surface area (Å²) in [4.78, 5) is 253. The van der Waals surface area contributed by atoms with E-state index in [0.29, 0.717) is 33.5 Å². The van der Waals surface area contributed by atoms with Crippen molar-refractivity contribution in [3.05, 3.63) is 84.1 Å². The predicted octanol–water partition coefficient (Wildman–Crippen LogP) is -6.90. The van der Waals surface area contributed by atoms with E-state index in [1.807, 2.05) is 20.1 Å². The average molecular weight is 1670 g/mol. The van der Waals surface area contributed by atoms with Crippen LogP contribution in [0.15, 0.2) is 67.3 Å². The fourth-order valence-electron chi connectivity index (χ4n) is 12.1. The molecule has 644 valence electrons. The lowest BCUT2D eigenvalue weighted by Crippen LogP contribution is -2.60. The number of thioether (sulfide) groups is 1. The number of benzene rings is 2. The number of hydrogen-bond donors (Lipinski definition) is 24. The number of carbonyl (C=O) groups is 18. The summed E-state index contributed by atoms with van der Waals surface area (Å²) in [6.45, 7) is 6.28. The number of amides is 18. The van der Waals surface area contributed by atoms with Gasteiger partial charge in [-0.2, -0.15) is 11.8 Å². The summed E-state index contributed by atoms with van der Waals surface area (Å²) in [5.41, 5.74) is 29.3. The molecule has 1 saturated heterocycles. The van der Waals surface area contributed by atoms with Gasteiger partial charge in [0.1, 0.15) is 78.3 Å². The van der Waals surface area contributed by atoms with Crippen molar-refractivity contribution < 1.29 is 91.4 Å². The van der Waals surface area contributed by atoms with Crippen molar-refractivity contribution in [1.29, 1.82) is 5.41 Å². The molecule has 43 nitrogen and oxygen atoms in total. The van der Waals surface area contributed by atoms with Gasteiger partial charge in [-0.15, -0.1) is 0 Å². The predicted molar refractivity (Wildman–Crippen MR) is 427 cm³/mol. The van der Waals surface area contributed by atoms with Crippen LogP contribution >= 0.6 is 11.8 Å². The molecule has 0 aliphatic carbocycles. The molecule has 0 bridgehead atoms. The first kappa shape index (κ1) is 95.7. The number of phenols is 1. The van der Waals surface area contributed by atoms with E-state index in [1.165, 1.54) is 55.5 Å². The molecule has 1 aliphatic rings. The molecular weight excluding hydrogens is 1560 g/mol. The van der Waals surface area contributed by atoms with Crippen LogP contribution < -0.4 is 108 Å². The Bertz CT molecular complexity index is 4240. The number of aromatic nitrogens is 3. The number of aromatic amines is 2. The maximum Gasteiger partial charge on any atom is 0.243 e. The van der Waals surface area contributed by atoms with E-state index in [1.54, 1.807) is 44.3 Å². The summed E-state index contributed by atoms with van der Waals surface area (Å²) in [7, 11) is 0. The highest BCUT2D eigenvalue weighted by Crippen LogP contribution is 2.21. The zero-order valence-corrected chi connectivity index (χ0v) is 67.0. The van der Waals surface area contributed by atoms with Crippen molar-refractivity contribution in [3.8, 4) is 5.75 Å². The third kappa shape index (κ3) is 33.1. The van der Waals surface area contributed by atoms with Gasteiger partial charge < -0.3 is 123 Å². The number of primary amides is 4. The smallest absolute Gasteiger partial charge is 0.243 e. The summed E-state index contributed by atoms with van der Waals surface area (Å²) < 4.78 is 0. The van der Waals surface area contributed by atoms with E-state index >= 15 is 0 Å². The van der Waals surface area contributed by atoms with Crippen molar-refractivity contribution in [1.82, 2.24) is 94.7 Å². The lowest BCUT2D eigenvalue weighted by atomic mass is 10.0. The van der Waals surface area contributed by atoms with Crippen molar-refractivity contribution in [3.63, 3.8) is 0 Å². The number of fused-ring (bicyclic) bond motifs is 1. The molecule has 0 saturated carbocycles. The fourth-order valence-corrected chi connectivity index (χ4v) is 12.6. The molecule has 118 heavy (non-hydrogen) atoms. The van der Waals surface area contributed by atoms with Gasteiger partial charge in [0, 0.05) is 74.1 Å². The van der Waals surface area contributed by atoms with Crippen LogP contribution in [0.2, 0.25) is 0 Å². The zero-order chi connectivity index (χ0) is 87.5. The van der Waals surface area contributed by atoms with Gasteiger partial charge in [-0.05, 0) is 105 Å². The van der Waals surface area contributed by atoms with Gasteiger partial charge in [-0.1, -0.05) is 58.0 Å². The number of H-pyrrole nitrogens is 2. The van der Waals surface area contributed by atoms with Gasteiger partial charge in [0.25, 0.3) is 0 Å². The second-order valence-corrected chi connectivity index (χ2v) is 29.9. The van der Waals surface area contributed by atoms with Crippen LogP contribution in [0.3, 0.4) is 0 Å². The Morgan fingerprint density at radius 1 is 0.542 bits per heavy atom. The summed E-state index contributed by atoms with van der Waals surface area (Å²) in [6, 6.07) is -5.26. The van der Waals surface area contributed by atoms with Crippen molar-refractivity contribution in [2.75, 3.05) is 31.6 Å². The number of nitrogens with two attached hydrogens (primary N) is 5. The number of imidazole rings is 1. The van der Waals surface area contributed by atoms with Crippen molar-refractivity contribution >= 4 is 135 Å². The van der Waals surface area contributed by atoms with Gasteiger partial charge in [-0.3, -0.25) is 91.7 Å². The SMILES string of the molecule is CSCC[C@H](NC(=O)[C@H](CC(C)C)NC(=O)[C@H](Cc1cnc[nH]1)NC(=O)CNC(=O)[C@@H](NC(=O)[C@H](C)NC(=O)[C@H](Cc1c[nH]c2ccccc12)NC(=O)[C@H](CCC(N)=O)NC(=O)[C@H](CC(N)=O)NC(=O)CNC(=O)[C@H](Cc1ccc(O)cc1)NC(=O)[C@H](CCCNC(=N)N)NC(=O)[C@H](CCC(N)=O)NC(=O)[C@@H]1CCC(=O)N1)C(C)C)C(N)=O. The summed E-state index contributed by atoms with van der Waals surface area (Å²) >= 11 is 1.43. The summed E-state index contributed by atoms with van der Waals surface area (Å²) in [6.07, 6.45) is 2.74. The lowest BCUT2D eigenvalue weighted by Gasteiger charge is -2.27. The summed E-state index contributed by atoms with van der Waals surface area (Å²) in [5, 5.41) is 55.6. The van der Waals surface area contributed by atoms with Crippen LogP contribution in [0.5, 0.6) is 5.75 Å². The molecule has 3 heterocycles. The normalized spacial score (nSPS) is 15.1. The van der Waals surface area contributed by atoms with Crippen molar-refractivity contribution in [2.45, 2.75) is 197 Å². The molecule has 29 N–H and O–H groups in total. The topological polar surface area (TPSA) is 706 Å². The highest BCUT2D eigenvalue weighted by atomic mass is 32.2. The quantitative estimate of drug-likeness (QED) is 0.0111. The van der Waals surface area contributed by atoms with Gasteiger partial charge >= 0.3 is 0 Å². The first-order valence-electron chi connectivity index (χ1n) is 38.0. The molecule has 18 amide bonds. The average Bonchev–Trinajstić information content (AvgIpc) is 1.62. The maximum absolute atomic E-state index is 14.6. The van der Waals surface area contributed by atoms with Gasteiger partial charge in [0.2, 0.25) is 106 Å². The number of para-hydroxylation sites is 1. The molecule has 0 spiro atoms. The van der Waals surface area contributed by atoms with E-state index < -0.39 is 229 Å². The molecule has 1 fully saturated rings. The summed E-state index contributed by atoms with van der Waals surface area (Å²) in [5.74, 6) is -17.7. The largest absolute Gasteiger partial charge is 0.508 e. The second-order valence-electron chi connectivity index (χ2n) is 28.9. The lowest BCUT2D eigenvalue weighted by molar-refractivity contribution is -0.136. The fraction of sp³-hybridized carbons (Fsp3) is 0.514. The third-order valence-electron chi connectivity index (χ3n) is 18.4. The molecule has 44 heteroatoms. The molecule has 0 radical (unpaired) electrons. The molecule has 5 rings (SSSR count). The minimum Gasteiger partial charge on any atom is -0.508 e. The number of rotatable bonds is 51. The molecular formula is C74H108N24O19S. The number of nitrogens with one attached hydrogen (secondary N) is 18. The van der Waals surface area contributed by atoms with E-state index in [9.17, 15) is 91.4 Å². The Morgan fingerprint density at radius 2 is 1.07 bits per heavy atom. The Hall–Kier alpha value is -12.9. The van der Waals surface area contributed by atoms with Crippen LogP contribution in [0.1, 0.15) is 122 Å². The Morgan fingerprint density at radius 3 is 1.62 bits per heavy atom. The first-order chi connectivity index (χ1) is 55.8. The van der Waals surface area contributed by atoms with E-state index in [0.717, 1.165) is 0 Å². The van der Waals surface area contributed by atoms with Crippen LogP contribution in [0, 0.1) is 17.2 Å². The van der Waals surface area contributed by atoms with E-state index in [4.69, 9.17) is 34.1 Å². The monoisotopic (exact) mass is 1670 g/mol. The van der Waals surface area contributed by atoms with Crippen LogP contribution in [0.4, 0.5) is 0 Å². The third-order valence-corrected chi connectivity index (χ3v) is 19.1. The van der Waals surface area contributed by atoms with Crippen LogP contribution in [-0.4, -0.2) is 236 Å². The standard InChI is InChI=1S/C74H108N24O19S/c1-36(2)26-50(70(114)91-45(62(78)106)23-25-118-6)95-71(115)53(29-41-32-81-35-86-41)89-60(105)34-85-73(117)61(37(3)4)98-63(107)38(5)87-69(113)52(28-40-31-83-44-11-8-7-10-43(40)44)97-68(112)49(18-21-56(76)101)94-72(116)54(30-57(77)102)90-59(104)33-84-64(108)51(27-39-13-15-42(99)16-14-39)96-65(109)46(12-9-24-82-74(79)80)92-67(111)48(17-20-55(75)100)93-66(110)47-19-22-58(103)88-47/h7-8,10-11,13-16,31-32,35-38,45-54,61,83,99H,9,12,17-30,33-34H2,1-6H3,(H2,75,100)(H2,76,101)(H2,77,102)(H2,78,106)(H,81,86)(H,84,108)(H,85,117)(H,87,113)(H,88,103)(H,89,105)(H,90,104)(H,91,114)(H,92,111)(H,93,110)(H,94,116)(H,95,115)(H,96,109)(H,97,112)(H,98,107)(H4,79,80,82)/t38-,45-,46-,47-,48-,49-,50-,51-,52-,53-,54-,61-/m0/s1. The Kier molecular flexibility index (Phi) is 38.8. The Balaban J connectivity index is 1.31. The van der Waals surface area contributed by atoms with Crippen LogP contribution in [0.25, 0.3) is 10.9 Å². The van der Waals surface area contributed by atoms with Gasteiger partial charge in [0.05, 0.1) is 25.8 Å². The number of carbonyl (C=O) groups excluding carboxylic acids is 18. The molecule has 0 unspecified atom stereocenters. The van der Waals surface area contributed by atoms with E-state index in [-0.39, 0.29) is 82.4 Å². The Labute approximate surface area is 682 Å². The number of phenolic OH excluding ortho intramolecular Hbond substituents is 1. The number of aromatic hydroxyl groups is 1. The second kappa shape index (κ2) is 47.8. The van der Waals surface area contributed by atoms with E-state index in [2.05, 4.69) is 94.7 Å². The zero-order valence-electron chi connectivity index (χ0n) is 66.2. The molecule has 12 atom stereocenters. The molecule has 4 aromatic rings. The maximum atomic E-state index is 14.6. The molecule has 1 aliphatic heterocycles. The number of hydrogen-bond acceptors (Lipinski definition) is 22. The van der Waals surface area contributed by atoms with Crippen LogP contribution in [-0.2, 0) is 106 Å². The number of guanidine groups is 1. The highest BCUT2D eigenvalue weighted by Gasteiger charge is 2.38. The van der Waals surface area contributed by atoms with Gasteiger partial charge in [0.15, 0.2) is 5.96 Å². The minimum atomic E-state index is -1.94. The molecule has 2 aromatic carbocycles.